The van der Waals surface area contributed by atoms with E-state index in [0.29, 0.717) is 17.3 Å². The van der Waals surface area contributed by atoms with Crippen molar-refractivity contribution < 1.29 is 14.3 Å². The van der Waals surface area contributed by atoms with Crippen LogP contribution in [0.1, 0.15) is 25.7 Å². The van der Waals surface area contributed by atoms with Crippen LogP contribution in [0.2, 0.25) is 0 Å². The minimum atomic E-state index is -0.330. The second-order valence-electron chi connectivity index (χ2n) is 6.36. The van der Waals surface area contributed by atoms with Gasteiger partial charge in [-0.25, -0.2) is 0 Å². The molecule has 84 valence electrons. The molecule has 5 fully saturated rings. The van der Waals surface area contributed by atoms with Crippen molar-refractivity contribution in [3.8, 4) is 0 Å². The number of hydrogen-bond acceptors (Lipinski definition) is 3. The molecular weight excluding hydrogens is 204 g/mol. The molecule has 1 aliphatic heterocycles. The van der Waals surface area contributed by atoms with Gasteiger partial charge in [0.1, 0.15) is 0 Å². The number of carbonyl (C=O) groups is 2. The van der Waals surface area contributed by atoms with Crippen molar-refractivity contribution in [3.63, 3.8) is 0 Å². The number of carbonyl (C=O) groups excluding carboxylic acids is 2. The topological polar surface area (TPSA) is 46.7 Å². The average molecular weight is 218 g/mol. The Morgan fingerprint density at radius 3 is 1.88 bits per heavy atom. The van der Waals surface area contributed by atoms with Crippen molar-refractivity contribution in [2.45, 2.75) is 37.9 Å². The molecule has 4 aliphatic carbocycles. The zero-order valence-corrected chi connectivity index (χ0v) is 9.02. The van der Waals surface area contributed by atoms with E-state index >= 15 is 0 Å². The Bertz CT molecular complexity index is 400. The molecule has 3 nitrogen and oxygen atoms in total. The minimum absolute atomic E-state index is 0.0532. The average Bonchev–Trinajstić information content (AvgIpc) is 3.14. The molecule has 0 radical (unpaired) electrons. The summed E-state index contributed by atoms with van der Waals surface area (Å²) in [6, 6.07) is 0. The van der Waals surface area contributed by atoms with Gasteiger partial charge in [-0.15, -0.1) is 0 Å². The van der Waals surface area contributed by atoms with Crippen LogP contribution in [-0.4, -0.2) is 23.8 Å². The Morgan fingerprint density at radius 2 is 1.44 bits per heavy atom. The van der Waals surface area contributed by atoms with E-state index in [9.17, 15) is 9.59 Å². The predicted octanol–water partition coefficient (Wildman–Crippen LogP) is 0.958. The minimum Gasteiger partial charge on any atom is -0.353 e. The largest absolute Gasteiger partial charge is 0.353 e. The van der Waals surface area contributed by atoms with E-state index in [1.807, 2.05) is 0 Å². The molecule has 1 saturated heterocycles. The van der Waals surface area contributed by atoms with Crippen molar-refractivity contribution in [3.05, 3.63) is 0 Å². The maximum absolute atomic E-state index is 12.2. The number of rotatable bonds is 0. The molecule has 0 aromatic rings. The highest BCUT2D eigenvalue weighted by Crippen LogP contribution is 2.76. The first kappa shape index (κ1) is 8.40. The second-order valence-corrected chi connectivity index (χ2v) is 6.36. The van der Waals surface area contributed by atoms with Gasteiger partial charge >= 0.3 is 0 Å². The lowest BCUT2D eigenvalue weighted by Crippen LogP contribution is -2.44. The van der Waals surface area contributed by atoms with Crippen molar-refractivity contribution in [1.29, 1.82) is 0 Å². The molecule has 16 heavy (non-hydrogen) atoms. The molecular formula is C13H14O3. The summed E-state index contributed by atoms with van der Waals surface area (Å²) in [5.74, 6) is 1.71. The Kier molecular flexibility index (Phi) is 1.13. The van der Waals surface area contributed by atoms with Gasteiger partial charge in [-0.3, -0.25) is 9.59 Å². The first-order valence-electron chi connectivity index (χ1n) is 6.47. The summed E-state index contributed by atoms with van der Waals surface area (Å²) in [5.41, 5.74) is 0.428. The van der Waals surface area contributed by atoms with Gasteiger partial charge in [0.05, 0.1) is 0 Å². The van der Waals surface area contributed by atoms with Crippen LogP contribution in [0.4, 0.5) is 0 Å². The Labute approximate surface area is 93.5 Å². The summed E-state index contributed by atoms with van der Waals surface area (Å²) < 4.78 is 5.25. The molecule has 1 spiro atoms. The molecule has 0 aromatic carbocycles. The fraction of sp³-hybridized carbons (Fsp3) is 0.846. The highest BCUT2D eigenvalue weighted by atomic mass is 16.6. The fourth-order valence-electron chi connectivity index (χ4n) is 5.34. The summed E-state index contributed by atoms with van der Waals surface area (Å²) in [5, 5.41) is 0. The van der Waals surface area contributed by atoms with Gasteiger partial charge in [0.2, 0.25) is 0 Å². The maximum atomic E-state index is 12.2. The van der Waals surface area contributed by atoms with Crippen LogP contribution in [0.5, 0.6) is 0 Å². The third kappa shape index (κ3) is 0.658. The van der Waals surface area contributed by atoms with Crippen LogP contribution in [0.3, 0.4) is 0 Å². The Morgan fingerprint density at radius 1 is 0.938 bits per heavy atom. The quantitative estimate of drug-likeness (QED) is 0.569. The summed E-state index contributed by atoms with van der Waals surface area (Å²) in [6.07, 6.45) is 4.25. The van der Waals surface area contributed by atoms with Gasteiger partial charge in [0, 0.05) is 11.8 Å². The number of Topliss-reactive ketones (excluding diaryl/α,β-unsaturated/α-hetero) is 2. The molecule has 0 amide bonds. The lowest BCUT2D eigenvalue weighted by atomic mass is 9.69. The van der Waals surface area contributed by atoms with Gasteiger partial charge in [0.15, 0.2) is 23.8 Å². The number of fused-ring (bicyclic) bond motifs is 4. The van der Waals surface area contributed by atoms with Crippen LogP contribution in [0.25, 0.3) is 0 Å². The number of epoxide rings is 1. The molecule has 5 aliphatic rings. The van der Waals surface area contributed by atoms with Crippen LogP contribution in [-0.2, 0) is 14.3 Å². The van der Waals surface area contributed by atoms with Crippen molar-refractivity contribution in [2.75, 3.05) is 0 Å². The van der Waals surface area contributed by atoms with Gasteiger partial charge in [0.25, 0.3) is 0 Å². The predicted molar refractivity (Wildman–Crippen MR) is 53.5 cm³/mol. The molecule has 3 heteroatoms. The maximum Gasteiger partial charge on any atom is 0.168 e. The van der Waals surface area contributed by atoms with Crippen LogP contribution in [0, 0.1) is 29.1 Å². The molecule has 0 unspecified atom stereocenters. The van der Waals surface area contributed by atoms with Gasteiger partial charge in [-0.1, -0.05) is 0 Å². The lowest BCUT2D eigenvalue weighted by molar-refractivity contribution is -0.137. The summed E-state index contributed by atoms with van der Waals surface area (Å²) in [7, 11) is 0. The summed E-state index contributed by atoms with van der Waals surface area (Å²) >= 11 is 0. The second kappa shape index (κ2) is 2.15. The molecule has 1 heterocycles. The summed E-state index contributed by atoms with van der Waals surface area (Å²) in [6.45, 7) is 0. The zero-order chi connectivity index (χ0) is 10.7. The third-order valence-electron chi connectivity index (χ3n) is 6.06. The number of ketones is 2. The van der Waals surface area contributed by atoms with E-state index in [4.69, 9.17) is 4.74 Å². The number of ether oxygens (including phenoxy) is 1. The lowest BCUT2D eigenvalue weighted by Gasteiger charge is -2.30. The van der Waals surface area contributed by atoms with E-state index in [1.165, 1.54) is 25.7 Å². The monoisotopic (exact) mass is 218 g/mol. The molecule has 0 aromatic heterocycles. The van der Waals surface area contributed by atoms with E-state index in [0.717, 1.165) is 0 Å². The molecule has 0 N–H and O–H groups in total. The van der Waals surface area contributed by atoms with Crippen LogP contribution >= 0.6 is 0 Å². The normalized spacial score (nSPS) is 58.8. The van der Waals surface area contributed by atoms with E-state index in [-0.39, 0.29) is 35.6 Å². The van der Waals surface area contributed by atoms with Crippen molar-refractivity contribution in [2.24, 2.45) is 29.1 Å². The molecule has 4 saturated carbocycles. The SMILES string of the molecule is O=C1[C@@H]2[C@H](C(=O)[C@@H]3O[C@H]13)[C@@H]1CC[C@H]2C12CC2. The van der Waals surface area contributed by atoms with Gasteiger partial charge in [-0.2, -0.15) is 0 Å². The highest BCUT2D eigenvalue weighted by Gasteiger charge is 2.76. The van der Waals surface area contributed by atoms with Crippen LogP contribution in [0.15, 0.2) is 0 Å². The molecule has 6 atom stereocenters. The Balaban J connectivity index is 1.67. The molecule has 2 bridgehead atoms. The van der Waals surface area contributed by atoms with E-state index in [1.54, 1.807) is 0 Å². The highest BCUT2D eigenvalue weighted by molar-refractivity contribution is 6.06. The first-order chi connectivity index (χ1) is 7.74. The Hall–Kier alpha value is -0.700. The summed E-state index contributed by atoms with van der Waals surface area (Å²) in [4.78, 5) is 24.4. The first-order valence-corrected chi connectivity index (χ1v) is 6.47. The van der Waals surface area contributed by atoms with Gasteiger partial charge < -0.3 is 4.74 Å². The fourth-order valence-corrected chi connectivity index (χ4v) is 5.34. The zero-order valence-electron chi connectivity index (χ0n) is 9.02. The van der Waals surface area contributed by atoms with Crippen LogP contribution < -0.4 is 0 Å². The van der Waals surface area contributed by atoms with Crippen molar-refractivity contribution in [1.82, 2.24) is 0 Å². The standard InChI is InChI=1S/C13H14O3/c14-9-7-5-1-2-6(13(5)3-4-13)8(7)10(15)12-11(9)16-12/h5-8,11-12H,1-4H2/t5-,6+,7+,8-,11-,12+. The van der Waals surface area contributed by atoms with Crippen molar-refractivity contribution >= 4 is 11.6 Å². The van der Waals surface area contributed by atoms with E-state index < -0.39 is 0 Å². The van der Waals surface area contributed by atoms with Gasteiger partial charge in [-0.05, 0) is 42.9 Å². The number of hydrogen-bond donors (Lipinski definition) is 0. The smallest absolute Gasteiger partial charge is 0.168 e. The van der Waals surface area contributed by atoms with E-state index in [2.05, 4.69) is 0 Å². The third-order valence-corrected chi connectivity index (χ3v) is 6.06. The molecule has 5 rings (SSSR count).